The van der Waals surface area contributed by atoms with Crippen molar-refractivity contribution < 1.29 is 24.1 Å². The molecule has 2 rings (SSSR count). The van der Waals surface area contributed by atoms with Crippen LogP contribution in [0.3, 0.4) is 0 Å². The van der Waals surface area contributed by atoms with Gasteiger partial charge in [0.25, 0.3) is 0 Å². The van der Waals surface area contributed by atoms with Gasteiger partial charge in [-0.3, -0.25) is 5.23 Å². The predicted molar refractivity (Wildman–Crippen MR) is 98.1 cm³/mol. The van der Waals surface area contributed by atoms with Gasteiger partial charge in [-0.05, 0) is 25.7 Å². The summed E-state index contributed by atoms with van der Waals surface area (Å²) < 4.78 is 10.5. The maximum absolute atomic E-state index is 11.7. The molecule has 0 aromatic rings. The average molecular weight is 374 g/mol. The van der Waals surface area contributed by atoms with Gasteiger partial charge in [-0.25, -0.2) is 9.78 Å². The summed E-state index contributed by atoms with van der Waals surface area (Å²) in [7, 11) is 0. The smallest absolute Gasteiger partial charge is 0.0922 e. The fourth-order valence-corrected chi connectivity index (χ4v) is 2.99. The van der Waals surface area contributed by atoms with Crippen molar-refractivity contribution in [3.63, 3.8) is 0 Å². The van der Waals surface area contributed by atoms with E-state index in [2.05, 4.69) is 13.8 Å². The van der Waals surface area contributed by atoms with E-state index in [0.29, 0.717) is 39.6 Å². The van der Waals surface area contributed by atoms with Crippen molar-refractivity contribution in [1.82, 2.24) is 5.23 Å². The molecule has 7 heteroatoms. The van der Waals surface area contributed by atoms with E-state index in [4.69, 9.17) is 24.1 Å². The molecule has 0 bridgehead atoms. The summed E-state index contributed by atoms with van der Waals surface area (Å²) in [5, 5.41) is 12.4. The van der Waals surface area contributed by atoms with Gasteiger partial charge >= 0.3 is 0 Å². The minimum Gasteiger partial charge on any atom is -0.762 e. The normalized spacial score (nSPS) is 20.8. The molecule has 2 aliphatic rings. The minimum atomic E-state index is 0.0627. The number of rotatable bonds is 16. The topological polar surface area (TPSA) is 72.5 Å². The predicted octanol–water partition coefficient (Wildman–Crippen LogP) is 3.47. The molecule has 0 atom stereocenters. The highest BCUT2D eigenvalue weighted by atomic mass is 17.2. The number of hydroxylamine groups is 2. The Bertz CT molecular complexity index is 362. The molecule has 0 unspecified atom stereocenters. The summed E-state index contributed by atoms with van der Waals surface area (Å²) >= 11 is 0. The lowest BCUT2D eigenvalue weighted by molar-refractivity contribution is -0.328. The van der Waals surface area contributed by atoms with Crippen molar-refractivity contribution in [1.29, 1.82) is 0 Å². The monoisotopic (exact) mass is 374 g/mol. The third-order valence-electron chi connectivity index (χ3n) is 5.66. The van der Waals surface area contributed by atoms with E-state index in [1.165, 1.54) is 0 Å². The Morgan fingerprint density at radius 2 is 1.38 bits per heavy atom. The van der Waals surface area contributed by atoms with Crippen LogP contribution in [0.5, 0.6) is 0 Å². The summed E-state index contributed by atoms with van der Waals surface area (Å²) in [4.78, 5) is 15.9. The summed E-state index contributed by atoms with van der Waals surface area (Å²) in [6.45, 7) is 9.38. The molecular formula is C19H36NO6-. The molecule has 0 amide bonds. The van der Waals surface area contributed by atoms with Gasteiger partial charge in [0, 0.05) is 17.4 Å². The zero-order chi connectivity index (χ0) is 18.7. The maximum Gasteiger partial charge on any atom is 0.0922 e. The molecule has 7 nitrogen and oxygen atoms in total. The highest BCUT2D eigenvalue weighted by Crippen LogP contribution is 2.32. The Labute approximate surface area is 157 Å². The molecule has 26 heavy (non-hydrogen) atoms. The lowest BCUT2D eigenvalue weighted by Crippen LogP contribution is -2.46. The first-order chi connectivity index (χ1) is 12.6. The highest BCUT2D eigenvalue weighted by molar-refractivity contribution is 4.84. The SMILES string of the molecule is CCC1(COOCCCCCCCN([O-])OCC2(CC)COC2)COC1. The highest BCUT2D eigenvalue weighted by Gasteiger charge is 2.38. The lowest BCUT2D eigenvalue weighted by Gasteiger charge is -2.42. The summed E-state index contributed by atoms with van der Waals surface area (Å²) in [5.41, 5.74) is 0.238. The van der Waals surface area contributed by atoms with Crippen molar-refractivity contribution in [2.75, 3.05) is 52.8 Å². The lowest BCUT2D eigenvalue weighted by atomic mass is 9.84. The number of hydrogen-bond donors (Lipinski definition) is 0. The molecule has 2 saturated heterocycles. The number of nitrogens with zero attached hydrogens (tertiary/aromatic N) is 1. The van der Waals surface area contributed by atoms with Gasteiger partial charge in [-0.15, -0.1) is 0 Å². The summed E-state index contributed by atoms with van der Waals surface area (Å²) in [6, 6.07) is 0. The van der Waals surface area contributed by atoms with Gasteiger partial charge in [-0.1, -0.05) is 33.1 Å². The third kappa shape index (κ3) is 7.03. The zero-order valence-electron chi connectivity index (χ0n) is 16.5. The van der Waals surface area contributed by atoms with Crippen LogP contribution in [0.2, 0.25) is 0 Å². The Morgan fingerprint density at radius 3 is 1.96 bits per heavy atom. The molecular weight excluding hydrogens is 338 g/mol. The van der Waals surface area contributed by atoms with Crippen LogP contribution in [0, 0.1) is 16.0 Å². The zero-order valence-corrected chi connectivity index (χ0v) is 16.5. The van der Waals surface area contributed by atoms with Crippen molar-refractivity contribution in [3.8, 4) is 0 Å². The van der Waals surface area contributed by atoms with Crippen molar-refractivity contribution >= 4 is 0 Å². The molecule has 2 aliphatic heterocycles. The Kier molecular flexibility index (Phi) is 9.77. The average Bonchev–Trinajstić information content (AvgIpc) is 2.58. The molecule has 0 spiro atoms. The van der Waals surface area contributed by atoms with E-state index >= 15 is 0 Å². The maximum atomic E-state index is 11.7. The molecule has 2 fully saturated rings. The summed E-state index contributed by atoms with van der Waals surface area (Å²) in [6.07, 6.45) is 7.09. The van der Waals surface area contributed by atoms with Crippen LogP contribution < -0.4 is 0 Å². The van der Waals surface area contributed by atoms with E-state index in [-0.39, 0.29) is 10.8 Å². The minimum absolute atomic E-state index is 0.0627. The van der Waals surface area contributed by atoms with E-state index in [0.717, 1.165) is 63.4 Å². The first kappa shape index (κ1) is 22.0. The molecule has 154 valence electrons. The van der Waals surface area contributed by atoms with Crippen LogP contribution in [0.1, 0.15) is 58.8 Å². The van der Waals surface area contributed by atoms with E-state index in [1.807, 2.05) is 0 Å². The molecule has 0 aromatic carbocycles. The molecule has 0 aliphatic carbocycles. The van der Waals surface area contributed by atoms with Gasteiger partial charge in [0.05, 0.1) is 46.2 Å². The van der Waals surface area contributed by atoms with Gasteiger partial charge < -0.3 is 19.5 Å². The Hall–Kier alpha value is -0.280. The van der Waals surface area contributed by atoms with Gasteiger partial charge in [-0.2, -0.15) is 0 Å². The molecule has 0 N–H and O–H groups in total. The fraction of sp³-hybridized carbons (Fsp3) is 1.00. The van der Waals surface area contributed by atoms with Crippen LogP contribution >= 0.6 is 0 Å². The standard InChI is InChI=1S/C19H36NO6/c1-3-18(12-22-13-18)16-24-20(21)10-8-6-5-7-9-11-25-26-17-19(4-2)14-23-15-19/h3-17H2,1-2H3/q-1. The van der Waals surface area contributed by atoms with Crippen LogP contribution in [-0.4, -0.2) is 58.0 Å². The second kappa shape index (κ2) is 11.5. The first-order valence-corrected chi connectivity index (χ1v) is 10.1. The van der Waals surface area contributed by atoms with Crippen LogP contribution in [0.15, 0.2) is 0 Å². The number of ether oxygens (including phenoxy) is 2. The second-order valence-electron chi connectivity index (χ2n) is 7.87. The molecule has 2 heterocycles. The summed E-state index contributed by atoms with van der Waals surface area (Å²) in [5.74, 6) is 0. The number of unbranched alkanes of at least 4 members (excludes halogenated alkanes) is 4. The first-order valence-electron chi connectivity index (χ1n) is 10.1. The molecule has 0 saturated carbocycles. The second-order valence-corrected chi connectivity index (χ2v) is 7.87. The molecule has 0 aromatic heterocycles. The quantitative estimate of drug-likeness (QED) is 0.233. The van der Waals surface area contributed by atoms with Crippen molar-refractivity contribution in [2.24, 2.45) is 10.8 Å². The Morgan fingerprint density at radius 1 is 0.808 bits per heavy atom. The van der Waals surface area contributed by atoms with Crippen molar-refractivity contribution in [2.45, 2.75) is 58.8 Å². The molecule has 0 radical (unpaired) electrons. The van der Waals surface area contributed by atoms with Crippen LogP contribution in [-0.2, 0) is 24.1 Å². The van der Waals surface area contributed by atoms with Gasteiger partial charge in [0.1, 0.15) is 0 Å². The Balaban J connectivity index is 1.33. The van der Waals surface area contributed by atoms with E-state index in [9.17, 15) is 5.21 Å². The van der Waals surface area contributed by atoms with E-state index in [1.54, 1.807) is 0 Å². The fourth-order valence-electron chi connectivity index (χ4n) is 2.99. The van der Waals surface area contributed by atoms with Gasteiger partial charge in [0.15, 0.2) is 0 Å². The van der Waals surface area contributed by atoms with Crippen molar-refractivity contribution in [3.05, 3.63) is 5.21 Å². The number of hydrogen-bond acceptors (Lipinski definition) is 7. The van der Waals surface area contributed by atoms with E-state index < -0.39 is 0 Å². The largest absolute Gasteiger partial charge is 0.762 e. The van der Waals surface area contributed by atoms with Crippen LogP contribution in [0.4, 0.5) is 0 Å². The van der Waals surface area contributed by atoms with Crippen LogP contribution in [0.25, 0.3) is 0 Å². The van der Waals surface area contributed by atoms with Gasteiger partial charge in [0.2, 0.25) is 0 Å². The third-order valence-corrected chi connectivity index (χ3v) is 5.66.